The summed E-state index contributed by atoms with van der Waals surface area (Å²) in [4.78, 5) is 11.9. The van der Waals surface area contributed by atoms with E-state index in [-0.39, 0.29) is 16.7 Å². The van der Waals surface area contributed by atoms with Crippen LogP contribution in [0.2, 0.25) is 0 Å². The Morgan fingerprint density at radius 3 is 2.15 bits per heavy atom. The molecule has 0 atom stereocenters. The first-order valence-electron chi connectivity index (χ1n) is 14.2. The van der Waals surface area contributed by atoms with Crippen molar-refractivity contribution in [2.45, 2.75) is 50.5 Å². The molecule has 4 aliphatic carbocycles. The van der Waals surface area contributed by atoms with Gasteiger partial charge in [0.25, 0.3) is 0 Å². The number of carbonyl (C=O) groups excluding carboxylic acids is 1. The van der Waals surface area contributed by atoms with Crippen LogP contribution in [0.25, 0.3) is 21.9 Å². The molecular formula is C35H34O4. The van der Waals surface area contributed by atoms with Gasteiger partial charge in [0.2, 0.25) is 0 Å². The van der Waals surface area contributed by atoms with Crippen LogP contribution in [0, 0.1) is 17.8 Å². The summed E-state index contributed by atoms with van der Waals surface area (Å²) >= 11 is 0. The number of fused-ring (bicyclic) bond motifs is 1. The maximum absolute atomic E-state index is 11.9. The predicted molar refractivity (Wildman–Crippen MR) is 153 cm³/mol. The zero-order valence-corrected chi connectivity index (χ0v) is 22.4. The highest BCUT2D eigenvalue weighted by molar-refractivity contribution is 5.94. The summed E-state index contributed by atoms with van der Waals surface area (Å²) in [5.41, 5.74) is 4.80. The minimum absolute atomic E-state index is 0.0710. The van der Waals surface area contributed by atoms with Gasteiger partial charge in [-0.2, -0.15) is 0 Å². The maximum atomic E-state index is 11.9. The lowest BCUT2D eigenvalue weighted by molar-refractivity contribution is -0.00640. The standard InChI is InChI=1S/C35H34O4/c1-38-34(37)30-10-9-27(16-32(30)36)26-7-8-28-17-33(39-21-22-5-3-2-4-6-22)31(15-29(28)14-26)35-18-23-11-24(19-35)13-25(12-23)20-35/h2-10,14-17,23-25,36H,11-13,18-21H2,1H3. The van der Waals surface area contributed by atoms with Crippen molar-refractivity contribution in [3.05, 3.63) is 95.6 Å². The highest BCUT2D eigenvalue weighted by Crippen LogP contribution is 2.62. The number of ether oxygens (including phenoxy) is 2. The molecule has 0 amide bonds. The number of aromatic hydroxyl groups is 1. The van der Waals surface area contributed by atoms with Gasteiger partial charge in [0.15, 0.2) is 0 Å². The van der Waals surface area contributed by atoms with Crippen LogP contribution in [0.1, 0.15) is 60.0 Å². The molecule has 0 spiro atoms. The minimum atomic E-state index is -0.541. The predicted octanol–water partition coefficient (Wildman–Crippen LogP) is 8.05. The summed E-state index contributed by atoms with van der Waals surface area (Å²) in [5, 5.41) is 12.8. The van der Waals surface area contributed by atoms with E-state index in [9.17, 15) is 9.90 Å². The van der Waals surface area contributed by atoms with Gasteiger partial charge in [0.1, 0.15) is 23.7 Å². The second-order valence-corrected chi connectivity index (χ2v) is 12.1. The Hall–Kier alpha value is -3.79. The fourth-order valence-corrected chi connectivity index (χ4v) is 8.16. The minimum Gasteiger partial charge on any atom is -0.507 e. The van der Waals surface area contributed by atoms with Crippen LogP contribution in [-0.2, 0) is 16.8 Å². The maximum Gasteiger partial charge on any atom is 0.341 e. The highest BCUT2D eigenvalue weighted by Gasteiger charge is 2.52. The first kappa shape index (κ1) is 24.3. The molecule has 0 aliphatic heterocycles. The summed E-state index contributed by atoms with van der Waals surface area (Å²) in [5.74, 6) is 2.95. The summed E-state index contributed by atoms with van der Waals surface area (Å²) < 4.78 is 11.4. The number of phenols is 1. The molecule has 39 heavy (non-hydrogen) atoms. The molecule has 4 aliphatic rings. The van der Waals surface area contributed by atoms with Gasteiger partial charge < -0.3 is 14.6 Å². The van der Waals surface area contributed by atoms with Crippen LogP contribution < -0.4 is 4.74 Å². The van der Waals surface area contributed by atoms with E-state index < -0.39 is 5.97 Å². The molecule has 1 N–H and O–H groups in total. The fourth-order valence-electron chi connectivity index (χ4n) is 8.16. The van der Waals surface area contributed by atoms with E-state index in [0.29, 0.717) is 6.61 Å². The SMILES string of the molecule is COC(=O)c1ccc(-c2ccc3cc(OCc4ccccc4)c(C45CC6CC(CC(C6)C4)C5)cc3c2)cc1O. The Morgan fingerprint density at radius 2 is 1.49 bits per heavy atom. The second-order valence-electron chi connectivity index (χ2n) is 12.1. The quantitative estimate of drug-likeness (QED) is 0.262. The van der Waals surface area contributed by atoms with E-state index in [1.807, 2.05) is 12.1 Å². The lowest BCUT2D eigenvalue weighted by atomic mass is 9.48. The van der Waals surface area contributed by atoms with Crippen molar-refractivity contribution in [1.29, 1.82) is 0 Å². The zero-order chi connectivity index (χ0) is 26.6. The molecule has 4 nitrogen and oxygen atoms in total. The zero-order valence-electron chi connectivity index (χ0n) is 22.4. The molecule has 0 heterocycles. The highest BCUT2D eigenvalue weighted by atomic mass is 16.5. The van der Waals surface area contributed by atoms with Gasteiger partial charge in [-0.25, -0.2) is 4.79 Å². The largest absolute Gasteiger partial charge is 0.507 e. The fraction of sp³-hybridized carbons (Fsp3) is 0.343. The molecule has 0 aromatic heterocycles. The van der Waals surface area contributed by atoms with Gasteiger partial charge in [-0.1, -0.05) is 48.5 Å². The van der Waals surface area contributed by atoms with Gasteiger partial charge in [-0.05, 0) is 119 Å². The molecule has 4 aromatic rings. The molecule has 4 saturated carbocycles. The summed E-state index contributed by atoms with van der Waals surface area (Å²) in [6.07, 6.45) is 8.03. The van der Waals surface area contributed by atoms with Crippen molar-refractivity contribution in [2.75, 3.05) is 7.11 Å². The number of carbonyl (C=O) groups is 1. The third kappa shape index (κ3) is 4.36. The average molecular weight is 519 g/mol. The van der Waals surface area contributed by atoms with E-state index in [4.69, 9.17) is 9.47 Å². The first-order valence-corrected chi connectivity index (χ1v) is 14.2. The molecule has 4 aromatic carbocycles. The van der Waals surface area contributed by atoms with E-state index in [1.165, 1.54) is 62.1 Å². The molecule has 0 unspecified atom stereocenters. The lowest BCUT2D eigenvalue weighted by Crippen LogP contribution is -2.48. The number of rotatable bonds is 6. The third-order valence-electron chi connectivity index (χ3n) is 9.52. The van der Waals surface area contributed by atoms with E-state index in [0.717, 1.165) is 40.0 Å². The van der Waals surface area contributed by atoms with Gasteiger partial charge in [0, 0.05) is 5.56 Å². The van der Waals surface area contributed by atoms with Crippen LogP contribution in [-0.4, -0.2) is 18.2 Å². The molecule has 0 saturated heterocycles. The number of esters is 1. The number of hydrogen-bond donors (Lipinski definition) is 1. The topological polar surface area (TPSA) is 55.8 Å². The van der Waals surface area contributed by atoms with E-state index in [1.54, 1.807) is 12.1 Å². The van der Waals surface area contributed by atoms with E-state index >= 15 is 0 Å². The third-order valence-corrected chi connectivity index (χ3v) is 9.52. The Morgan fingerprint density at radius 1 is 0.821 bits per heavy atom. The molecule has 0 radical (unpaired) electrons. The van der Waals surface area contributed by atoms with Crippen molar-refractivity contribution in [3.8, 4) is 22.6 Å². The number of methoxy groups -OCH3 is 1. The van der Waals surface area contributed by atoms with E-state index in [2.05, 4.69) is 54.6 Å². The molecule has 4 heteroatoms. The van der Waals surface area contributed by atoms with Crippen molar-refractivity contribution in [2.24, 2.45) is 17.8 Å². The summed E-state index contributed by atoms with van der Waals surface area (Å²) in [6, 6.07) is 26.6. The van der Waals surface area contributed by atoms with Gasteiger partial charge in [-0.3, -0.25) is 0 Å². The number of phenolic OH excluding ortho intramolecular Hbond substituents is 1. The van der Waals surface area contributed by atoms with Crippen LogP contribution in [0.15, 0.2) is 78.9 Å². The Labute approximate surface area is 229 Å². The Balaban J connectivity index is 1.30. The van der Waals surface area contributed by atoms with Gasteiger partial charge in [0.05, 0.1) is 7.11 Å². The van der Waals surface area contributed by atoms with Crippen molar-refractivity contribution < 1.29 is 19.4 Å². The van der Waals surface area contributed by atoms with Gasteiger partial charge in [-0.15, -0.1) is 0 Å². The molecule has 4 fully saturated rings. The van der Waals surface area contributed by atoms with Crippen molar-refractivity contribution in [3.63, 3.8) is 0 Å². The molecule has 4 bridgehead atoms. The Kier molecular flexibility index (Phi) is 5.88. The summed E-state index contributed by atoms with van der Waals surface area (Å²) in [7, 11) is 1.32. The average Bonchev–Trinajstić information content (AvgIpc) is 2.94. The lowest BCUT2D eigenvalue weighted by Gasteiger charge is -2.57. The van der Waals surface area contributed by atoms with Crippen LogP contribution in [0.4, 0.5) is 0 Å². The number of benzene rings is 4. The van der Waals surface area contributed by atoms with Gasteiger partial charge >= 0.3 is 5.97 Å². The second kappa shape index (κ2) is 9.44. The van der Waals surface area contributed by atoms with Crippen LogP contribution in [0.3, 0.4) is 0 Å². The van der Waals surface area contributed by atoms with Crippen molar-refractivity contribution >= 4 is 16.7 Å². The first-order chi connectivity index (χ1) is 19.0. The summed E-state index contributed by atoms with van der Waals surface area (Å²) in [6.45, 7) is 0.565. The Bertz CT molecular complexity index is 1520. The molecule has 198 valence electrons. The van der Waals surface area contributed by atoms with Crippen molar-refractivity contribution in [1.82, 2.24) is 0 Å². The monoisotopic (exact) mass is 518 g/mol. The smallest absolute Gasteiger partial charge is 0.341 e. The molecular weight excluding hydrogens is 484 g/mol. The molecule has 8 rings (SSSR count). The van der Waals surface area contributed by atoms with Crippen LogP contribution >= 0.6 is 0 Å². The normalized spacial score (nSPS) is 25.1. The van der Waals surface area contributed by atoms with Crippen LogP contribution in [0.5, 0.6) is 11.5 Å². The number of hydrogen-bond acceptors (Lipinski definition) is 4.